The van der Waals surface area contributed by atoms with Gasteiger partial charge in [-0.25, -0.2) is 0 Å². The zero-order valence-corrected chi connectivity index (χ0v) is 19.0. The van der Waals surface area contributed by atoms with Crippen LogP contribution in [-0.4, -0.2) is 42.9 Å². The molecule has 0 saturated carbocycles. The number of carbonyl (C=O) groups excluding carboxylic acids is 2. The van der Waals surface area contributed by atoms with Crippen molar-refractivity contribution in [3.05, 3.63) is 83.9 Å². The van der Waals surface area contributed by atoms with E-state index in [1.165, 1.54) is 4.90 Å². The maximum Gasteiger partial charge on any atom is 0.253 e. The summed E-state index contributed by atoms with van der Waals surface area (Å²) in [4.78, 5) is 30.0. The van der Waals surface area contributed by atoms with E-state index in [0.717, 1.165) is 33.5 Å². The molecule has 4 aromatic rings. The first-order chi connectivity index (χ1) is 16.0. The number of amides is 2. The van der Waals surface area contributed by atoms with E-state index in [9.17, 15) is 9.59 Å². The SMILES string of the molecule is COc1ccc(-c2[nH]c3ccccc3c2CCC(=O)Nc2cccc(C(=O)N(C)C)c2)cc1. The van der Waals surface area contributed by atoms with Gasteiger partial charge in [-0.2, -0.15) is 0 Å². The number of hydrogen-bond acceptors (Lipinski definition) is 3. The van der Waals surface area contributed by atoms with E-state index in [4.69, 9.17) is 4.74 Å². The molecule has 33 heavy (non-hydrogen) atoms. The van der Waals surface area contributed by atoms with Crippen molar-refractivity contribution in [2.24, 2.45) is 0 Å². The fourth-order valence-corrected chi connectivity index (χ4v) is 3.91. The molecule has 0 aliphatic carbocycles. The Kier molecular flexibility index (Phi) is 6.45. The number of H-pyrrole nitrogens is 1. The Labute approximate surface area is 193 Å². The highest BCUT2D eigenvalue weighted by molar-refractivity contribution is 5.97. The molecule has 0 saturated heterocycles. The van der Waals surface area contributed by atoms with Crippen LogP contribution in [0.25, 0.3) is 22.2 Å². The van der Waals surface area contributed by atoms with Gasteiger partial charge >= 0.3 is 0 Å². The van der Waals surface area contributed by atoms with Gasteiger partial charge in [-0.15, -0.1) is 0 Å². The number of aromatic amines is 1. The van der Waals surface area contributed by atoms with E-state index >= 15 is 0 Å². The summed E-state index contributed by atoms with van der Waals surface area (Å²) in [6.07, 6.45) is 0.893. The van der Waals surface area contributed by atoms with Crippen LogP contribution in [0.5, 0.6) is 5.75 Å². The zero-order valence-electron chi connectivity index (χ0n) is 19.0. The average molecular weight is 442 g/mol. The van der Waals surface area contributed by atoms with Crippen LogP contribution < -0.4 is 10.1 Å². The third kappa shape index (κ3) is 4.90. The van der Waals surface area contributed by atoms with E-state index in [2.05, 4.69) is 16.4 Å². The molecule has 0 fully saturated rings. The number of ether oxygens (including phenoxy) is 1. The molecule has 2 amide bonds. The van der Waals surface area contributed by atoms with Crippen molar-refractivity contribution >= 4 is 28.4 Å². The van der Waals surface area contributed by atoms with Gasteiger partial charge < -0.3 is 19.9 Å². The largest absolute Gasteiger partial charge is 0.497 e. The van der Waals surface area contributed by atoms with Crippen LogP contribution in [0.15, 0.2) is 72.8 Å². The molecule has 0 aliphatic heterocycles. The fraction of sp³-hybridized carbons (Fsp3) is 0.185. The lowest BCUT2D eigenvalue weighted by atomic mass is 10.0. The van der Waals surface area contributed by atoms with Crippen LogP contribution in [0.1, 0.15) is 22.3 Å². The van der Waals surface area contributed by atoms with Crippen LogP contribution in [-0.2, 0) is 11.2 Å². The number of aromatic nitrogens is 1. The molecule has 4 rings (SSSR count). The third-order valence-electron chi connectivity index (χ3n) is 5.59. The van der Waals surface area contributed by atoms with Crippen LogP contribution in [0.2, 0.25) is 0 Å². The number of nitrogens with one attached hydrogen (secondary N) is 2. The molecule has 0 aliphatic rings. The van der Waals surface area contributed by atoms with E-state index in [1.54, 1.807) is 45.5 Å². The highest BCUT2D eigenvalue weighted by Gasteiger charge is 2.15. The molecular weight excluding hydrogens is 414 g/mol. The summed E-state index contributed by atoms with van der Waals surface area (Å²) < 4.78 is 5.28. The molecule has 3 aromatic carbocycles. The summed E-state index contributed by atoms with van der Waals surface area (Å²) >= 11 is 0. The number of carbonyl (C=O) groups is 2. The number of benzene rings is 3. The molecule has 6 nitrogen and oxygen atoms in total. The zero-order chi connectivity index (χ0) is 23.4. The number of para-hydroxylation sites is 1. The summed E-state index contributed by atoms with van der Waals surface area (Å²) in [5.74, 6) is 0.593. The monoisotopic (exact) mass is 441 g/mol. The molecule has 0 radical (unpaired) electrons. The summed E-state index contributed by atoms with van der Waals surface area (Å²) in [5.41, 5.74) is 5.33. The van der Waals surface area contributed by atoms with Gasteiger partial charge in [0, 0.05) is 48.4 Å². The highest BCUT2D eigenvalue weighted by Crippen LogP contribution is 2.32. The number of methoxy groups -OCH3 is 1. The average Bonchev–Trinajstić information content (AvgIpc) is 3.21. The van der Waals surface area contributed by atoms with Crippen LogP contribution in [0.4, 0.5) is 5.69 Å². The van der Waals surface area contributed by atoms with Gasteiger partial charge in [0.2, 0.25) is 5.91 Å². The summed E-state index contributed by atoms with van der Waals surface area (Å²) in [6, 6.07) is 23.0. The Morgan fingerprint density at radius 1 is 0.970 bits per heavy atom. The second-order valence-electron chi connectivity index (χ2n) is 8.08. The smallest absolute Gasteiger partial charge is 0.253 e. The maximum absolute atomic E-state index is 12.8. The molecule has 1 heterocycles. The lowest BCUT2D eigenvalue weighted by Gasteiger charge is -2.12. The number of anilines is 1. The normalized spacial score (nSPS) is 10.8. The number of aryl methyl sites for hydroxylation is 1. The Balaban J connectivity index is 1.54. The first kappa shape index (κ1) is 22.1. The second-order valence-corrected chi connectivity index (χ2v) is 8.08. The number of hydrogen-bond donors (Lipinski definition) is 2. The molecule has 0 bridgehead atoms. The maximum atomic E-state index is 12.8. The van der Waals surface area contributed by atoms with Crippen LogP contribution in [0, 0.1) is 0 Å². The number of nitrogens with zero attached hydrogens (tertiary/aromatic N) is 1. The van der Waals surface area contributed by atoms with Crippen molar-refractivity contribution in [3.63, 3.8) is 0 Å². The summed E-state index contributed by atoms with van der Waals surface area (Å²) in [7, 11) is 5.05. The minimum absolute atomic E-state index is 0.101. The molecule has 1 aromatic heterocycles. The van der Waals surface area contributed by atoms with Crippen molar-refractivity contribution < 1.29 is 14.3 Å². The predicted molar refractivity (Wildman–Crippen MR) is 132 cm³/mol. The Morgan fingerprint density at radius 3 is 2.45 bits per heavy atom. The standard InChI is InChI=1S/C27H27N3O3/c1-30(2)27(32)19-7-6-8-20(17-19)28-25(31)16-15-23-22-9-4-5-10-24(22)29-26(23)18-11-13-21(33-3)14-12-18/h4-14,17,29H,15-16H2,1-3H3,(H,28,31). The summed E-state index contributed by atoms with van der Waals surface area (Å²) in [5, 5.41) is 4.03. The first-order valence-corrected chi connectivity index (χ1v) is 10.8. The lowest BCUT2D eigenvalue weighted by Crippen LogP contribution is -2.22. The second kappa shape index (κ2) is 9.61. The van der Waals surface area contributed by atoms with Gasteiger partial charge in [-0.1, -0.05) is 24.3 Å². The van der Waals surface area contributed by atoms with Crippen LogP contribution >= 0.6 is 0 Å². The molecule has 0 spiro atoms. The van der Waals surface area contributed by atoms with Gasteiger partial charge in [0.25, 0.3) is 5.91 Å². The molecular formula is C27H27N3O3. The quantitative estimate of drug-likeness (QED) is 0.418. The predicted octanol–water partition coefficient (Wildman–Crippen LogP) is 5.12. The Hall–Kier alpha value is -4.06. The van der Waals surface area contributed by atoms with Gasteiger partial charge in [-0.3, -0.25) is 9.59 Å². The van der Waals surface area contributed by atoms with E-state index in [-0.39, 0.29) is 11.8 Å². The number of fused-ring (bicyclic) bond motifs is 1. The highest BCUT2D eigenvalue weighted by atomic mass is 16.5. The van der Waals surface area contributed by atoms with Crippen LogP contribution in [0.3, 0.4) is 0 Å². The van der Waals surface area contributed by atoms with Gasteiger partial charge in [-0.05, 0) is 66.1 Å². The van der Waals surface area contributed by atoms with Crippen molar-refractivity contribution in [1.82, 2.24) is 9.88 Å². The van der Waals surface area contributed by atoms with Crippen molar-refractivity contribution in [2.75, 3.05) is 26.5 Å². The topological polar surface area (TPSA) is 74.4 Å². The first-order valence-electron chi connectivity index (χ1n) is 10.8. The van der Waals surface area contributed by atoms with Crippen molar-refractivity contribution in [3.8, 4) is 17.0 Å². The Bertz CT molecular complexity index is 1290. The molecule has 168 valence electrons. The van der Waals surface area contributed by atoms with Crippen molar-refractivity contribution in [1.29, 1.82) is 0 Å². The van der Waals surface area contributed by atoms with Gasteiger partial charge in [0.1, 0.15) is 5.75 Å². The molecule has 0 atom stereocenters. The van der Waals surface area contributed by atoms with E-state index in [0.29, 0.717) is 24.1 Å². The Morgan fingerprint density at radius 2 is 1.73 bits per heavy atom. The van der Waals surface area contributed by atoms with E-state index in [1.807, 2.05) is 42.5 Å². The minimum atomic E-state index is -0.103. The van der Waals surface area contributed by atoms with Crippen molar-refractivity contribution in [2.45, 2.75) is 12.8 Å². The van der Waals surface area contributed by atoms with Gasteiger partial charge in [0.15, 0.2) is 0 Å². The fourth-order valence-electron chi connectivity index (χ4n) is 3.91. The number of rotatable bonds is 7. The minimum Gasteiger partial charge on any atom is -0.497 e. The molecule has 6 heteroatoms. The van der Waals surface area contributed by atoms with E-state index < -0.39 is 0 Å². The third-order valence-corrected chi connectivity index (χ3v) is 5.59. The molecule has 2 N–H and O–H groups in total. The summed E-state index contributed by atoms with van der Waals surface area (Å²) in [6.45, 7) is 0. The lowest BCUT2D eigenvalue weighted by molar-refractivity contribution is -0.116. The van der Waals surface area contributed by atoms with Gasteiger partial charge in [0.05, 0.1) is 7.11 Å². The molecule has 0 unspecified atom stereocenters.